The summed E-state index contributed by atoms with van der Waals surface area (Å²) in [5, 5.41) is 13.5. The number of carbonyl (C=O) groups excluding carboxylic acids is 1. The average molecular weight is 544 g/mol. The van der Waals surface area contributed by atoms with Gasteiger partial charge in [0.05, 0.1) is 17.7 Å². The van der Waals surface area contributed by atoms with Gasteiger partial charge in [-0.2, -0.15) is 31.6 Å². The smallest absolute Gasteiger partial charge is 0.336 e. The van der Waals surface area contributed by atoms with E-state index < -0.39 is 94.9 Å². The van der Waals surface area contributed by atoms with Crippen LogP contribution in [0.15, 0.2) is 24.3 Å². The SMILES string of the molecule is N#CC1(NC(=O)[C@H](CS(=O)(=O)N2CCC(C(F)(F)F)CC2)N[C@@H](c2ccc(F)cc2)C(F)(F)F)CC1. The quantitative estimate of drug-likeness (QED) is 0.490. The van der Waals surface area contributed by atoms with Crippen molar-refractivity contribution in [3.63, 3.8) is 0 Å². The second-order valence-electron chi connectivity index (χ2n) is 8.92. The molecule has 1 aromatic carbocycles. The number of halogens is 7. The Balaban J connectivity index is 1.84. The lowest BCUT2D eigenvalue weighted by atomic mass is 9.98. The molecule has 0 aromatic heterocycles. The van der Waals surface area contributed by atoms with E-state index in [0.717, 1.165) is 28.6 Å². The van der Waals surface area contributed by atoms with Gasteiger partial charge in [0, 0.05) is 13.1 Å². The van der Waals surface area contributed by atoms with Crippen LogP contribution in [-0.4, -0.2) is 61.4 Å². The highest BCUT2D eigenvalue weighted by molar-refractivity contribution is 7.89. The van der Waals surface area contributed by atoms with Crippen LogP contribution in [0.3, 0.4) is 0 Å². The van der Waals surface area contributed by atoms with Gasteiger partial charge in [-0.15, -0.1) is 0 Å². The van der Waals surface area contributed by atoms with Gasteiger partial charge in [0.1, 0.15) is 23.4 Å². The van der Waals surface area contributed by atoms with Crippen LogP contribution in [0.2, 0.25) is 0 Å². The minimum Gasteiger partial charge on any atom is -0.336 e. The van der Waals surface area contributed by atoms with E-state index in [1.807, 2.05) is 11.4 Å². The molecule has 0 radical (unpaired) electrons. The van der Waals surface area contributed by atoms with E-state index in [1.165, 1.54) is 0 Å². The van der Waals surface area contributed by atoms with Gasteiger partial charge in [0.2, 0.25) is 15.9 Å². The fourth-order valence-corrected chi connectivity index (χ4v) is 5.57. The molecular formula is C21H23F7N4O3S. The number of rotatable bonds is 8. The van der Waals surface area contributed by atoms with Gasteiger partial charge in [-0.1, -0.05) is 12.1 Å². The van der Waals surface area contributed by atoms with E-state index >= 15 is 0 Å². The summed E-state index contributed by atoms with van der Waals surface area (Å²) in [5.74, 6) is -4.90. The number of amides is 1. The molecule has 15 heteroatoms. The third-order valence-corrected chi connectivity index (χ3v) is 8.14. The summed E-state index contributed by atoms with van der Waals surface area (Å²) in [5.41, 5.74) is -1.82. The molecule has 0 spiro atoms. The van der Waals surface area contributed by atoms with Crippen molar-refractivity contribution in [2.24, 2.45) is 5.92 Å². The molecule has 1 amide bonds. The summed E-state index contributed by atoms with van der Waals surface area (Å²) in [6.45, 7) is -1.02. The van der Waals surface area contributed by atoms with Crippen molar-refractivity contribution >= 4 is 15.9 Å². The minimum absolute atomic E-state index is 0.223. The van der Waals surface area contributed by atoms with E-state index in [1.54, 1.807) is 0 Å². The Labute approximate surface area is 202 Å². The first-order valence-electron chi connectivity index (χ1n) is 10.9. The molecule has 2 fully saturated rings. The lowest BCUT2D eigenvalue weighted by molar-refractivity contribution is -0.182. The molecule has 2 N–H and O–H groups in total. The van der Waals surface area contributed by atoms with Crippen molar-refractivity contribution in [3.8, 4) is 6.07 Å². The maximum absolute atomic E-state index is 13.9. The number of alkyl halides is 6. The predicted octanol–water partition coefficient (Wildman–Crippen LogP) is 3.16. The zero-order valence-electron chi connectivity index (χ0n) is 18.7. The molecule has 3 rings (SSSR count). The molecule has 1 aliphatic carbocycles. The summed E-state index contributed by atoms with van der Waals surface area (Å²) < 4.78 is 120. The molecule has 1 aromatic rings. The Hall–Kier alpha value is -2.44. The van der Waals surface area contributed by atoms with Gasteiger partial charge in [0.25, 0.3) is 0 Å². The van der Waals surface area contributed by atoms with E-state index in [-0.39, 0.29) is 12.8 Å². The van der Waals surface area contributed by atoms with Crippen molar-refractivity contribution in [3.05, 3.63) is 35.6 Å². The average Bonchev–Trinajstić information content (AvgIpc) is 3.56. The van der Waals surface area contributed by atoms with Crippen LogP contribution in [0, 0.1) is 23.1 Å². The van der Waals surface area contributed by atoms with Crippen LogP contribution in [0.5, 0.6) is 0 Å². The third kappa shape index (κ3) is 6.86. The molecule has 36 heavy (non-hydrogen) atoms. The number of nitrogens with zero attached hydrogens (tertiary/aromatic N) is 2. The summed E-state index contributed by atoms with van der Waals surface area (Å²) in [6, 6.07) is 0.403. The van der Waals surface area contributed by atoms with Crippen molar-refractivity contribution < 1.29 is 43.9 Å². The number of nitriles is 1. The molecule has 0 unspecified atom stereocenters. The summed E-state index contributed by atoms with van der Waals surface area (Å²) >= 11 is 0. The topological polar surface area (TPSA) is 102 Å². The first-order chi connectivity index (χ1) is 16.6. The van der Waals surface area contributed by atoms with Crippen molar-refractivity contribution in [2.45, 2.75) is 55.7 Å². The molecule has 7 nitrogen and oxygen atoms in total. The highest BCUT2D eigenvalue weighted by Gasteiger charge is 2.49. The molecule has 1 saturated carbocycles. The van der Waals surface area contributed by atoms with E-state index in [0.29, 0.717) is 0 Å². The molecule has 1 saturated heterocycles. The Bertz CT molecular complexity index is 1090. The first kappa shape index (κ1) is 28.1. The second kappa shape index (κ2) is 10.1. The molecule has 0 bridgehead atoms. The van der Waals surface area contributed by atoms with Gasteiger partial charge in [-0.05, 0) is 43.4 Å². The maximum atomic E-state index is 13.9. The minimum atomic E-state index is -5.03. The van der Waals surface area contributed by atoms with Gasteiger partial charge in [-0.3, -0.25) is 10.1 Å². The Morgan fingerprint density at radius 1 is 1.11 bits per heavy atom. The molecule has 2 atom stereocenters. The van der Waals surface area contributed by atoms with Crippen LogP contribution in [0.4, 0.5) is 30.7 Å². The standard InChI is InChI=1S/C21H23F7N4O3S/c22-15-3-1-13(2-4-15)17(21(26,27)28)30-16(18(33)31-19(12-29)7-8-19)11-36(34,35)32-9-5-14(6-10-32)20(23,24)25/h1-4,14,16-17,30H,5-11H2,(H,31,33)/t16-,17-/m0/s1. The van der Waals surface area contributed by atoms with Gasteiger partial charge < -0.3 is 5.32 Å². The van der Waals surface area contributed by atoms with Gasteiger partial charge in [-0.25, -0.2) is 17.1 Å². The number of hydrogen-bond donors (Lipinski definition) is 2. The first-order valence-corrected chi connectivity index (χ1v) is 12.5. The van der Waals surface area contributed by atoms with Crippen LogP contribution >= 0.6 is 0 Å². The Morgan fingerprint density at radius 3 is 2.11 bits per heavy atom. The fraction of sp³-hybridized carbons (Fsp3) is 0.619. The van der Waals surface area contributed by atoms with Crippen LogP contribution in [0.1, 0.15) is 37.3 Å². The van der Waals surface area contributed by atoms with E-state index in [9.17, 15) is 49.2 Å². The number of piperidine rings is 1. The highest BCUT2D eigenvalue weighted by Crippen LogP contribution is 2.37. The Kier molecular flexibility index (Phi) is 7.92. The number of sulfonamides is 1. The normalized spacial score (nSPS) is 20.8. The monoisotopic (exact) mass is 544 g/mol. The Morgan fingerprint density at radius 2 is 1.67 bits per heavy atom. The largest absolute Gasteiger partial charge is 0.407 e. The van der Waals surface area contributed by atoms with Crippen molar-refractivity contribution in [1.29, 1.82) is 5.26 Å². The van der Waals surface area contributed by atoms with E-state index in [4.69, 9.17) is 0 Å². The second-order valence-corrected chi connectivity index (χ2v) is 10.9. The van der Waals surface area contributed by atoms with Crippen LogP contribution < -0.4 is 10.6 Å². The number of nitrogens with one attached hydrogen (secondary N) is 2. The maximum Gasteiger partial charge on any atom is 0.407 e. The van der Waals surface area contributed by atoms with Gasteiger partial charge in [0.15, 0.2) is 0 Å². The molecule has 1 aliphatic heterocycles. The highest BCUT2D eigenvalue weighted by atomic mass is 32.2. The van der Waals surface area contributed by atoms with Crippen molar-refractivity contribution in [2.75, 3.05) is 18.8 Å². The van der Waals surface area contributed by atoms with Crippen LogP contribution in [-0.2, 0) is 14.8 Å². The fourth-order valence-electron chi connectivity index (χ4n) is 3.93. The van der Waals surface area contributed by atoms with Gasteiger partial charge >= 0.3 is 12.4 Å². The molecule has 200 valence electrons. The predicted molar refractivity (Wildman–Crippen MR) is 112 cm³/mol. The lowest BCUT2D eigenvalue weighted by Gasteiger charge is -2.34. The zero-order chi connectivity index (χ0) is 26.9. The van der Waals surface area contributed by atoms with Crippen LogP contribution in [0.25, 0.3) is 0 Å². The summed E-state index contributed by atoms with van der Waals surface area (Å²) in [6.07, 6.45) is -10.1. The number of carbonyl (C=O) groups is 1. The number of benzene rings is 1. The lowest BCUT2D eigenvalue weighted by Crippen LogP contribution is -2.56. The summed E-state index contributed by atoms with van der Waals surface area (Å²) in [7, 11) is -4.49. The number of hydrogen-bond acceptors (Lipinski definition) is 5. The summed E-state index contributed by atoms with van der Waals surface area (Å²) in [4.78, 5) is 12.9. The van der Waals surface area contributed by atoms with Crippen molar-refractivity contribution in [1.82, 2.24) is 14.9 Å². The van der Waals surface area contributed by atoms with E-state index in [2.05, 4.69) is 5.32 Å². The third-order valence-electron chi connectivity index (χ3n) is 6.23. The zero-order valence-corrected chi connectivity index (χ0v) is 19.5. The molecule has 1 heterocycles. The molecular weight excluding hydrogens is 521 g/mol. The molecule has 2 aliphatic rings.